The fourth-order valence-corrected chi connectivity index (χ4v) is 4.89. The number of carbonyl (C=O) groups excluding carboxylic acids is 3. The Kier molecular flexibility index (Phi) is 13.0. The van der Waals surface area contributed by atoms with Crippen LogP contribution in [0, 0.1) is 12.3 Å². The molecule has 0 bridgehead atoms. The second-order valence-electron chi connectivity index (χ2n) is 10.7. The van der Waals surface area contributed by atoms with Crippen molar-refractivity contribution in [3.05, 3.63) is 107 Å². The van der Waals surface area contributed by atoms with Crippen molar-refractivity contribution in [2.75, 3.05) is 26.7 Å². The van der Waals surface area contributed by atoms with Gasteiger partial charge in [0, 0.05) is 43.4 Å². The summed E-state index contributed by atoms with van der Waals surface area (Å²) in [6.45, 7) is 5.30. The monoisotopic (exact) mass is 582 g/mol. The lowest BCUT2D eigenvalue weighted by molar-refractivity contribution is -0.125. The summed E-state index contributed by atoms with van der Waals surface area (Å²) in [7, 11) is 1.67. The fourth-order valence-electron chi connectivity index (χ4n) is 4.89. The van der Waals surface area contributed by atoms with Crippen LogP contribution < -0.4 is 10.7 Å². The van der Waals surface area contributed by atoms with E-state index in [1.807, 2.05) is 74.5 Å². The molecular formula is C35H42N4O4. The molecule has 3 rings (SSSR count). The van der Waals surface area contributed by atoms with E-state index in [0.717, 1.165) is 24.0 Å². The van der Waals surface area contributed by atoms with Crippen molar-refractivity contribution < 1.29 is 19.5 Å². The molecule has 0 aliphatic carbocycles. The Morgan fingerprint density at radius 3 is 2.05 bits per heavy atom. The maximum absolute atomic E-state index is 13.6. The first-order valence-corrected chi connectivity index (χ1v) is 14.7. The third-order valence-corrected chi connectivity index (χ3v) is 6.95. The number of hydrogen-bond acceptors (Lipinski definition) is 5. The van der Waals surface area contributed by atoms with Gasteiger partial charge in [0.15, 0.2) is 0 Å². The third kappa shape index (κ3) is 10.4. The number of likely N-dealkylation sites (N-methyl/N-ethyl adjacent to an activating group) is 1. The molecule has 2 unspecified atom stereocenters. The number of aliphatic hydroxyl groups is 1. The van der Waals surface area contributed by atoms with Crippen molar-refractivity contribution in [3.8, 4) is 12.3 Å². The van der Waals surface area contributed by atoms with Crippen LogP contribution in [0.3, 0.4) is 0 Å². The summed E-state index contributed by atoms with van der Waals surface area (Å²) < 4.78 is 0. The van der Waals surface area contributed by atoms with Gasteiger partial charge in [-0.15, -0.1) is 6.42 Å². The van der Waals surface area contributed by atoms with Gasteiger partial charge in [-0.1, -0.05) is 80.4 Å². The van der Waals surface area contributed by atoms with Crippen LogP contribution in [-0.2, 0) is 17.6 Å². The van der Waals surface area contributed by atoms with E-state index in [0.29, 0.717) is 30.6 Å². The minimum atomic E-state index is -1.03. The Bertz CT molecular complexity index is 1380. The van der Waals surface area contributed by atoms with E-state index in [9.17, 15) is 19.5 Å². The molecule has 3 N–H and O–H groups in total. The van der Waals surface area contributed by atoms with Gasteiger partial charge in [-0.3, -0.25) is 19.8 Å². The average Bonchev–Trinajstić information content (AvgIpc) is 3.00. The molecule has 2 atom stereocenters. The average molecular weight is 583 g/mol. The summed E-state index contributed by atoms with van der Waals surface area (Å²) in [6, 6.07) is 22.9. The summed E-state index contributed by atoms with van der Waals surface area (Å²) in [5.74, 6) is 1.70. The Hall–Kier alpha value is -4.45. The molecule has 226 valence electrons. The quantitative estimate of drug-likeness (QED) is 0.187. The van der Waals surface area contributed by atoms with E-state index < -0.39 is 18.1 Å². The smallest absolute Gasteiger partial charge is 0.253 e. The normalized spacial score (nSPS) is 12.2. The Morgan fingerprint density at radius 1 is 0.884 bits per heavy atom. The Morgan fingerprint density at radius 2 is 1.47 bits per heavy atom. The molecule has 0 spiro atoms. The van der Waals surface area contributed by atoms with Crippen LogP contribution in [0.2, 0.25) is 0 Å². The molecule has 8 heteroatoms. The van der Waals surface area contributed by atoms with E-state index in [2.05, 4.69) is 16.7 Å². The van der Waals surface area contributed by atoms with Crippen LogP contribution in [0.4, 0.5) is 0 Å². The van der Waals surface area contributed by atoms with Gasteiger partial charge in [0.25, 0.3) is 11.8 Å². The fraction of sp³-hybridized carbons (Fsp3) is 0.343. The standard InChI is InChI=1S/C35H42N4O4/c1-5-18-39(19-6-2)35(43)30-21-26(7-3)20-29(24-30)34(42)36-31(22-27-14-10-8-11-15-27)32(40)25-38(4)37-33(41)23-28-16-12-9-13-17-28/h3,8-17,20-21,24,31-32,40H,5-6,18-19,22-23,25H2,1-2,4H3,(H,36,42)(H,37,41). The topological polar surface area (TPSA) is 102 Å². The van der Waals surface area contributed by atoms with Gasteiger partial charge in [0.2, 0.25) is 5.91 Å². The minimum absolute atomic E-state index is 0.0649. The molecule has 8 nitrogen and oxygen atoms in total. The number of nitrogens with zero attached hydrogens (tertiary/aromatic N) is 2. The molecule has 0 fully saturated rings. The summed E-state index contributed by atoms with van der Waals surface area (Å²) >= 11 is 0. The SMILES string of the molecule is C#Cc1cc(C(=O)NC(Cc2ccccc2)C(O)CN(C)NC(=O)Cc2ccccc2)cc(C(=O)N(CCC)CCC)c1. The molecule has 0 heterocycles. The van der Waals surface area contributed by atoms with Gasteiger partial charge < -0.3 is 15.3 Å². The van der Waals surface area contributed by atoms with Gasteiger partial charge in [-0.05, 0) is 48.6 Å². The molecule has 3 aromatic rings. The van der Waals surface area contributed by atoms with Gasteiger partial charge in [0.1, 0.15) is 0 Å². The molecule has 0 aromatic heterocycles. The van der Waals surface area contributed by atoms with Crippen LogP contribution >= 0.6 is 0 Å². The van der Waals surface area contributed by atoms with E-state index >= 15 is 0 Å². The first-order chi connectivity index (χ1) is 20.7. The van der Waals surface area contributed by atoms with Gasteiger partial charge >= 0.3 is 0 Å². The highest BCUT2D eigenvalue weighted by molar-refractivity contribution is 6.00. The Labute approximate surface area is 255 Å². The lowest BCUT2D eigenvalue weighted by Gasteiger charge is -2.28. The highest BCUT2D eigenvalue weighted by Crippen LogP contribution is 2.15. The molecule has 0 aliphatic heterocycles. The first-order valence-electron chi connectivity index (χ1n) is 14.7. The molecule has 0 radical (unpaired) electrons. The lowest BCUT2D eigenvalue weighted by Crippen LogP contribution is -2.52. The Balaban J connectivity index is 1.78. The zero-order valence-electron chi connectivity index (χ0n) is 25.3. The predicted octanol–water partition coefficient (Wildman–Crippen LogP) is 3.84. The highest BCUT2D eigenvalue weighted by Gasteiger charge is 2.25. The lowest BCUT2D eigenvalue weighted by atomic mass is 9.99. The largest absolute Gasteiger partial charge is 0.390 e. The van der Waals surface area contributed by atoms with Crippen molar-refractivity contribution in [1.29, 1.82) is 0 Å². The van der Waals surface area contributed by atoms with Crippen molar-refractivity contribution in [1.82, 2.24) is 20.7 Å². The van der Waals surface area contributed by atoms with Crippen LogP contribution in [0.15, 0.2) is 78.9 Å². The molecule has 3 aromatic carbocycles. The number of terminal acetylenes is 1. The number of aliphatic hydroxyl groups excluding tert-OH is 1. The number of rotatable bonds is 15. The first kappa shape index (κ1) is 33.1. The maximum Gasteiger partial charge on any atom is 0.253 e. The number of nitrogens with one attached hydrogen (secondary N) is 2. The number of benzene rings is 3. The number of hydrogen-bond donors (Lipinski definition) is 3. The number of hydrazine groups is 1. The van der Waals surface area contributed by atoms with Crippen molar-refractivity contribution >= 4 is 17.7 Å². The molecule has 0 saturated heterocycles. The van der Waals surface area contributed by atoms with Crippen LogP contribution in [0.5, 0.6) is 0 Å². The zero-order valence-corrected chi connectivity index (χ0v) is 25.3. The van der Waals surface area contributed by atoms with Crippen LogP contribution in [0.1, 0.15) is 64.1 Å². The summed E-state index contributed by atoms with van der Waals surface area (Å²) in [4.78, 5) is 41.2. The molecule has 43 heavy (non-hydrogen) atoms. The second kappa shape index (κ2) is 16.9. The predicted molar refractivity (Wildman–Crippen MR) is 169 cm³/mol. The summed E-state index contributed by atoms with van der Waals surface area (Å²) in [5.41, 5.74) is 5.60. The highest BCUT2D eigenvalue weighted by atomic mass is 16.3. The van der Waals surface area contributed by atoms with Gasteiger partial charge in [-0.25, -0.2) is 5.01 Å². The van der Waals surface area contributed by atoms with E-state index in [1.54, 1.807) is 30.1 Å². The number of amides is 3. The second-order valence-corrected chi connectivity index (χ2v) is 10.7. The number of carbonyl (C=O) groups is 3. The van der Waals surface area contributed by atoms with Crippen LogP contribution in [-0.4, -0.2) is 71.6 Å². The van der Waals surface area contributed by atoms with Crippen molar-refractivity contribution in [2.45, 2.75) is 51.7 Å². The van der Waals surface area contributed by atoms with Gasteiger partial charge in [0.05, 0.1) is 18.6 Å². The van der Waals surface area contributed by atoms with E-state index in [1.165, 1.54) is 5.01 Å². The molecular weight excluding hydrogens is 540 g/mol. The summed E-state index contributed by atoms with van der Waals surface area (Å²) in [5, 5.41) is 15.7. The van der Waals surface area contributed by atoms with Crippen molar-refractivity contribution in [3.63, 3.8) is 0 Å². The van der Waals surface area contributed by atoms with Crippen LogP contribution in [0.25, 0.3) is 0 Å². The van der Waals surface area contributed by atoms with E-state index in [-0.39, 0.29) is 30.3 Å². The zero-order chi connectivity index (χ0) is 31.2. The maximum atomic E-state index is 13.6. The minimum Gasteiger partial charge on any atom is -0.390 e. The summed E-state index contributed by atoms with van der Waals surface area (Å²) in [6.07, 6.45) is 6.83. The van der Waals surface area contributed by atoms with Crippen molar-refractivity contribution in [2.24, 2.45) is 0 Å². The molecule has 0 aliphatic rings. The third-order valence-electron chi connectivity index (χ3n) is 6.95. The molecule has 3 amide bonds. The molecule has 0 saturated carbocycles. The van der Waals surface area contributed by atoms with Gasteiger partial charge in [-0.2, -0.15) is 0 Å². The van der Waals surface area contributed by atoms with E-state index in [4.69, 9.17) is 6.42 Å².